The van der Waals surface area contributed by atoms with Gasteiger partial charge in [0.2, 0.25) is 5.75 Å². The Morgan fingerprint density at radius 1 is 0.900 bits per heavy atom. The summed E-state index contributed by atoms with van der Waals surface area (Å²) in [5, 5.41) is 0. The van der Waals surface area contributed by atoms with Gasteiger partial charge in [-0.2, -0.15) is 0 Å². The summed E-state index contributed by atoms with van der Waals surface area (Å²) in [6.45, 7) is 0.882. The van der Waals surface area contributed by atoms with Crippen LogP contribution in [0.25, 0.3) is 6.08 Å². The van der Waals surface area contributed by atoms with Crippen molar-refractivity contribution in [3.8, 4) is 28.7 Å². The highest BCUT2D eigenvalue weighted by molar-refractivity contribution is 5.98. The number of nitrogens with one attached hydrogen (secondary N) is 2. The molecule has 2 aromatic carbocycles. The van der Waals surface area contributed by atoms with E-state index in [1.54, 1.807) is 36.4 Å². The molecular formula is C21H22N2O7. The van der Waals surface area contributed by atoms with Gasteiger partial charge in [0.25, 0.3) is 11.8 Å². The van der Waals surface area contributed by atoms with Crippen LogP contribution >= 0.6 is 0 Å². The smallest absolute Gasteiger partial charge is 0.269 e. The van der Waals surface area contributed by atoms with Crippen LogP contribution in [-0.4, -0.2) is 46.4 Å². The summed E-state index contributed by atoms with van der Waals surface area (Å²) >= 11 is 0. The third-order valence-corrected chi connectivity index (χ3v) is 4.22. The maximum absolute atomic E-state index is 12.3. The van der Waals surface area contributed by atoms with Crippen molar-refractivity contribution in [2.45, 2.75) is 0 Å². The average molecular weight is 414 g/mol. The first-order valence-electron chi connectivity index (χ1n) is 9.03. The van der Waals surface area contributed by atoms with Crippen molar-refractivity contribution in [3.63, 3.8) is 0 Å². The van der Waals surface area contributed by atoms with Crippen LogP contribution in [0.4, 0.5) is 0 Å². The second-order valence-corrected chi connectivity index (χ2v) is 6.09. The third kappa shape index (κ3) is 4.75. The molecule has 1 aliphatic rings. The molecule has 158 valence electrons. The summed E-state index contributed by atoms with van der Waals surface area (Å²) in [4.78, 5) is 24.3. The maximum atomic E-state index is 12.3. The molecule has 3 rings (SSSR count). The molecule has 0 aliphatic carbocycles. The highest BCUT2D eigenvalue weighted by atomic mass is 16.6. The van der Waals surface area contributed by atoms with Crippen molar-refractivity contribution in [2.75, 3.05) is 34.5 Å². The van der Waals surface area contributed by atoms with Gasteiger partial charge in [0.1, 0.15) is 13.2 Å². The number of hydrazine groups is 1. The summed E-state index contributed by atoms with van der Waals surface area (Å²) in [7, 11) is 4.52. The minimum atomic E-state index is -0.519. The Morgan fingerprint density at radius 2 is 1.57 bits per heavy atom. The van der Waals surface area contributed by atoms with Gasteiger partial charge in [-0.15, -0.1) is 0 Å². The van der Waals surface area contributed by atoms with E-state index in [9.17, 15) is 9.59 Å². The summed E-state index contributed by atoms with van der Waals surface area (Å²) < 4.78 is 26.7. The number of carbonyl (C=O) groups excluding carboxylic acids is 2. The molecule has 0 aromatic heterocycles. The second kappa shape index (κ2) is 9.55. The Morgan fingerprint density at radius 3 is 2.20 bits per heavy atom. The topological polar surface area (TPSA) is 104 Å². The number of methoxy groups -OCH3 is 3. The van der Waals surface area contributed by atoms with Crippen LogP contribution < -0.4 is 34.5 Å². The standard InChI is InChI=1S/C21H22N2O7/c1-26-17-10-13(11-18(27-2)20(17)28-3)4-7-19(24)22-23-21(25)14-5-6-15-16(12-14)30-9-8-29-15/h4-7,10-12H,8-9H2,1-3H3,(H,22,24)(H,23,25)/b7-4+. The zero-order chi connectivity index (χ0) is 21.5. The molecule has 1 aliphatic heterocycles. The Labute approximate surface area is 173 Å². The molecular weight excluding hydrogens is 392 g/mol. The van der Waals surface area contributed by atoms with Gasteiger partial charge >= 0.3 is 0 Å². The van der Waals surface area contributed by atoms with Crippen LogP contribution in [0.15, 0.2) is 36.4 Å². The zero-order valence-electron chi connectivity index (χ0n) is 16.8. The monoisotopic (exact) mass is 414 g/mol. The first-order valence-corrected chi connectivity index (χ1v) is 9.03. The fourth-order valence-corrected chi connectivity index (χ4v) is 2.79. The van der Waals surface area contributed by atoms with Gasteiger partial charge in [0, 0.05) is 11.6 Å². The lowest BCUT2D eigenvalue weighted by Gasteiger charge is -2.18. The van der Waals surface area contributed by atoms with Crippen LogP contribution in [0, 0.1) is 0 Å². The van der Waals surface area contributed by atoms with Crippen LogP contribution in [-0.2, 0) is 4.79 Å². The molecule has 0 spiro atoms. The van der Waals surface area contributed by atoms with Crippen LogP contribution in [0.1, 0.15) is 15.9 Å². The molecule has 0 atom stereocenters. The quantitative estimate of drug-likeness (QED) is 0.550. The van der Waals surface area contributed by atoms with Crippen LogP contribution in [0.2, 0.25) is 0 Å². The highest BCUT2D eigenvalue weighted by Gasteiger charge is 2.15. The molecule has 0 radical (unpaired) electrons. The van der Waals surface area contributed by atoms with E-state index in [1.807, 2.05) is 0 Å². The number of hydrogen-bond donors (Lipinski definition) is 2. The fourth-order valence-electron chi connectivity index (χ4n) is 2.79. The minimum absolute atomic E-state index is 0.327. The van der Waals surface area contributed by atoms with Gasteiger partial charge in [0.15, 0.2) is 23.0 Å². The summed E-state index contributed by atoms with van der Waals surface area (Å²) in [6, 6.07) is 8.18. The van der Waals surface area contributed by atoms with Gasteiger partial charge in [-0.25, -0.2) is 0 Å². The number of carbonyl (C=O) groups is 2. The molecule has 0 bridgehead atoms. The lowest BCUT2D eigenvalue weighted by molar-refractivity contribution is -0.117. The minimum Gasteiger partial charge on any atom is -0.493 e. The number of fused-ring (bicyclic) bond motifs is 1. The number of benzene rings is 2. The molecule has 0 fully saturated rings. The van der Waals surface area contributed by atoms with E-state index >= 15 is 0 Å². The molecule has 0 unspecified atom stereocenters. The highest BCUT2D eigenvalue weighted by Crippen LogP contribution is 2.38. The number of amides is 2. The molecule has 2 N–H and O–H groups in total. The lowest BCUT2D eigenvalue weighted by atomic mass is 10.1. The molecule has 0 saturated heterocycles. The van der Waals surface area contributed by atoms with E-state index in [-0.39, 0.29) is 0 Å². The average Bonchev–Trinajstić information content (AvgIpc) is 2.79. The van der Waals surface area contributed by atoms with E-state index in [0.29, 0.717) is 53.1 Å². The second-order valence-electron chi connectivity index (χ2n) is 6.09. The zero-order valence-corrected chi connectivity index (χ0v) is 16.8. The van der Waals surface area contributed by atoms with Gasteiger partial charge < -0.3 is 23.7 Å². The maximum Gasteiger partial charge on any atom is 0.269 e. The van der Waals surface area contributed by atoms with Crippen molar-refractivity contribution >= 4 is 17.9 Å². The van der Waals surface area contributed by atoms with Crippen LogP contribution in [0.5, 0.6) is 28.7 Å². The first-order chi connectivity index (χ1) is 14.5. The largest absolute Gasteiger partial charge is 0.493 e. The molecule has 1 heterocycles. The normalized spacial score (nSPS) is 12.2. The van der Waals surface area contributed by atoms with E-state index in [4.69, 9.17) is 23.7 Å². The summed E-state index contributed by atoms with van der Waals surface area (Å²) in [6.07, 6.45) is 2.82. The van der Waals surface area contributed by atoms with Gasteiger partial charge in [-0.1, -0.05) is 0 Å². The van der Waals surface area contributed by atoms with E-state index in [2.05, 4.69) is 10.9 Å². The van der Waals surface area contributed by atoms with Crippen molar-refractivity contribution in [3.05, 3.63) is 47.5 Å². The predicted octanol–water partition coefficient (Wildman–Crippen LogP) is 1.96. The molecule has 9 nitrogen and oxygen atoms in total. The molecule has 9 heteroatoms. The molecule has 30 heavy (non-hydrogen) atoms. The number of hydrogen-bond acceptors (Lipinski definition) is 7. The summed E-state index contributed by atoms with van der Waals surface area (Å²) in [5.41, 5.74) is 5.65. The SMILES string of the molecule is COc1cc(/C=C/C(=O)NNC(=O)c2ccc3c(c2)OCCO3)cc(OC)c1OC. The Hall–Kier alpha value is -3.88. The van der Waals surface area contributed by atoms with Crippen LogP contribution in [0.3, 0.4) is 0 Å². The van der Waals surface area contributed by atoms with E-state index in [0.717, 1.165) is 0 Å². The van der Waals surface area contributed by atoms with Gasteiger partial charge in [-0.3, -0.25) is 20.4 Å². The third-order valence-electron chi connectivity index (χ3n) is 4.22. The number of ether oxygens (including phenoxy) is 5. The number of rotatable bonds is 6. The lowest BCUT2D eigenvalue weighted by Crippen LogP contribution is -2.40. The van der Waals surface area contributed by atoms with Crippen molar-refractivity contribution in [1.82, 2.24) is 10.9 Å². The van der Waals surface area contributed by atoms with Crippen molar-refractivity contribution < 1.29 is 33.3 Å². The fraction of sp³-hybridized carbons (Fsp3) is 0.238. The van der Waals surface area contributed by atoms with E-state index in [1.165, 1.54) is 27.4 Å². The first kappa shape index (κ1) is 20.8. The Balaban J connectivity index is 1.62. The van der Waals surface area contributed by atoms with E-state index < -0.39 is 11.8 Å². The molecule has 2 aromatic rings. The van der Waals surface area contributed by atoms with Crippen molar-refractivity contribution in [2.24, 2.45) is 0 Å². The Kier molecular flexibility index (Phi) is 6.63. The van der Waals surface area contributed by atoms with Gasteiger partial charge in [0.05, 0.1) is 21.3 Å². The summed E-state index contributed by atoms with van der Waals surface area (Å²) in [5.74, 6) is 1.44. The molecule has 0 saturated carbocycles. The van der Waals surface area contributed by atoms with Gasteiger partial charge in [-0.05, 0) is 42.0 Å². The molecule has 2 amide bonds. The van der Waals surface area contributed by atoms with Crippen molar-refractivity contribution in [1.29, 1.82) is 0 Å². The Bertz CT molecular complexity index is 947. The predicted molar refractivity (Wildman–Crippen MR) is 108 cm³/mol.